The average Bonchev–Trinajstić information content (AvgIpc) is 3.84. The molecular weight excluding hydrogens is 893 g/mol. The highest BCUT2D eigenvalue weighted by molar-refractivity contribution is 7.94. The van der Waals surface area contributed by atoms with Crippen molar-refractivity contribution in [2.24, 2.45) is 5.10 Å². The number of nitrogens with zero attached hydrogens (tertiary/aromatic N) is 3. The highest BCUT2D eigenvalue weighted by Crippen LogP contribution is 2.37. The highest BCUT2D eigenvalue weighted by atomic mass is 32.2. The van der Waals surface area contributed by atoms with E-state index in [9.17, 15) is 19.5 Å². The second-order valence-corrected chi connectivity index (χ2v) is 16.0. The van der Waals surface area contributed by atoms with Crippen molar-refractivity contribution < 1.29 is 58.1 Å². The second kappa shape index (κ2) is 25.5. The van der Waals surface area contributed by atoms with Crippen molar-refractivity contribution in [2.75, 3.05) is 33.7 Å². The molecular formula is C50H51N6O11S+. The fraction of sp³-hybridized carbons (Fsp3) is 0.240. The lowest BCUT2D eigenvalue weighted by molar-refractivity contribution is -0.580. The van der Waals surface area contributed by atoms with Crippen molar-refractivity contribution in [3.05, 3.63) is 144 Å². The molecule has 2 aromatic heterocycles. The number of hydrogen-bond acceptors (Lipinski definition) is 14. The van der Waals surface area contributed by atoms with Gasteiger partial charge in [-0.05, 0) is 84.8 Å². The second-order valence-electron chi connectivity index (χ2n) is 15.2. The van der Waals surface area contributed by atoms with Crippen molar-refractivity contribution in [3.63, 3.8) is 0 Å². The Morgan fingerprint density at radius 2 is 1.65 bits per heavy atom. The van der Waals surface area contributed by atoms with E-state index in [4.69, 9.17) is 28.3 Å². The summed E-state index contributed by atoms with van der Waals surface area (Å²) in [6.45, 7) is 1.32. The fourth-order valence-electron chi connectivity index (χ4n) is 6.86. The third-order valence-corrected chi connectivity index (χ3v) is 11.0. The number of benzene rings is 4. The molecule has 1 unspecified atom stereocenters. The number of quaternary nitrogens is 1. The number of aliphatic carboxylic acids is 1. The summed E-state index contributed by atoms with van der Waals surface area (Å²) in [5.41, 5.74) is 7.12. The van der Waals surface area contributed by atoms with Gasteiger partial charge in [0.05, 0.1) is 49.8 Å². The lowest BCUT2D eigenvalue weighted by atomic mass is 10.0. The van der Waals surface area contributed by atoms with Gasteiger partial charge >= 0.3 is 5.97 Å². The normalized spacial score (nSPS) is 12.1. The molecule has 17 nitrogen and oxygen atoms in total. The standard InChI is InChI=1S/C50H50N6O11S/c1-61-66-67-68-45-14-8-7-13-37(45)32-53-56-46-23-19-38(31-52-46)49(58)51-24-10-26-62-40-20-16-34(17-21-40)27-42(50(59)60)54-47(57)15-6-3-9-25-63-48-30-39(28-41(55-48)35-11-4-2-5-12-35)36-18-22-43-44(29-36)65-33-64-43/h2,4-5,7-8,11-14,16-23,28-32,42H,3,6,9-10,15,24-27,33H2,1H3,(H,51,58)(H,52,56)(H,54,57)(H,59,60)/p+1/b53-32+. The van der Waals surface area contributed by atoms with Crippen LogP contribution in [0.3, 0.4) is 0 Å². The number of rotatable bonds is 26. The molecule has 0 saturated carbocycles. The molecule has 7 rings (SSSR count). The van der Waals surface area contributed by atoms with Crippen molar-refractivity contribution in [3.8, 4) is 45.5 Å². The minimum Gasteiger partial charge on any atom is -0.494 e. The third-order valence-electron chi connectivity index (χ3n) is 10.4. The van der Waals surface area contributed by atoms with Crippen molar-refractivity contribution in [1.82, 2.24) is 20.6 Å². The van der Waals surface area contributed by atoms with Crippen LogP contribution in [-0.4, -0.2) is 78.8 Å². The topological polar surface area (TPSA) is 215 Å². The molecule has 1 aliphatic rings. The number of pyridine rings is 2. The van der Waals surface area contributed by atoms with E-state index < -0.39 is 12.0 Å². The average molecular weight is 944 g/mol. The zero-order chi connectivity index (χ0) is 47.3. The summed E-state index contributed by atoms with van der Waals surface area (Å²) in [7, 11) is 1.34. The van der Waals surface area contributed by atoms with Crippen molar-refractivity contribution >= 4 is 41.9 Å². The summed E-state index contributed by atoms with van der Waals surface area (Å²) in [5.74, 6) is 1.34. The first-order valence-electron chi connectivity index (χ1n) is 21.9. The number of carbonyl (C=O) groups excluding carboxylic acids is 2. The number of unbranched alkanes of at least 4 members (excludes halogenated alkanes) is 2. The van der Waals surface area contributed by atoms with Gasteiger partial charge in [0.1, 0.15) is 11.8 Å². The van der Waals surface area contributed by atoms with E-state index >= 15 is 0 Å². The predicted molar refractivity (Wildman–Crippen MR) is 252 cm³/mol. The van der Waals surface area contributed by atoms with E-state index in [1.807, 2.05) is 84.9 Å². The molecule has 1 aliphatic heterocycles. The Balaban J connectivity index is 0.773. The van der Waals surface area contributed by atoms with Gasteiger partial charge in [-0.25, -0.2) is 19.7 Å². The Bertz CT molecular complexity index is 2620. The molecule has 3 heterocycles. The first kappa shape index (κ1) is 48.6. The van der Waals surface area contributed by atoms with Crippen LogP contribution >= 0.6 is 12.0 Å². The number of aromatic nitrogens is 2. The summed E-state index contributed by atoms with van der Waals surface area (Å²) in [4.78, 5) is 51.8. The minimum atomic E-state index is -1.12. The molecule has 4 aromatic carbocycles. The quantitative estimate of drug-likeness (QED) is 0.0105. The van der Waals surface area contributed by atoms with Crippen LogP contribution in [0, 0.1) is 0 Å². The molecule has 68 heavy (non-hydrogen) atoms. The Morgan fingerprint density at radius 3 is 2.46 bits per heavy atom. The number of amides is 2. The maximum Gasteiger partial charge on any atom is 0.326 e. The lowest BCUT2D eigenvalue weighted by Gasteiger charge is -2.15. The smallest absolute Gasteiger partial charge is 0.326 e. The fourth-order valence-corrected chi connectivity index (χ4v) is 7.37. The monoisotopic (exact) mass is 943 g/mol. The van der Waals surface area contributed by atoms with Crippen LogP contribution in [0.25, 0.3) is 22.4 Å². The van der Waals surface area contributed by atoms with Gasteiger partial charge in [0.25, 0.3) is 11.7 Å². The van der Waals surface area contributed by atoms with Crippen LogP contribution in [0.4, 0.5) is 5.82 Å². The molecule has 352 valence electrons. The highest BCUT2D eigenvalue weighted by Gasteiger charge is 2.21. The number of hydrogen-bond donors (Lipinski definition) is 4. The Labute approximate surface area is 397 Å². The first-order chi connectivity index (χ1) is 33.3. The van der Waals surface area contributed by atoms with E-state index in [0.29, 0.717) is 80.0 Å². The predicted octanol–water partition coefficient (Wildman–Crippen LogP) is 7.24. The molecule has 0 fully saturated rings. The van der Waals surface area contributed by atoms with Gasteiger partial charge in [0.15, 0.2) is 11.5 Å². The zero-order valence-electron chi connectivity index (χ0n) is 37.2. The van der Waals surface area contributed by atoms with Crippen LogP contribution in [-0.2, 0) is 30.3 Å². The minimum absolute atomic E-state index is 0.112. The summed E-state index contributed by atoms with van der Waals surface area (Å²) >= 11 is 0.985. The molecule has 18 heteroatoms. The van der Waals surface area contributed by atoms with Gasteiger partial charge in [-0.15, -0.1) is 4.33 Å². The van der Waals surface area contributed by atoms with Gasteiger partial charge in [-0.2, -0.15) is 5.43 Å². The van der Waals surface area contributed by atoms with E-state index in [2.05, 4.69) is 30.6 Å². The number of carboxylic acid groups (broad SMARTS) is 1. The number of carbonyl (C=O) groups is 3. The SMILES string of the molecule is COOOSc1ccccc1/C=N/[NH2+]c1ccc(C(=O)NCCCOc2ccc(CC(NC(=O)CCCCCOc3cc(-c4ccc5c(c4)OCO5)cc(-c4ccccc4)n3)C(=O)O)cc2)cn1. The molecule has 5 N–H and O–H groups in total. The van der Waals surface area contributed by atoms with Gasteiger partial charge in [0, 0.05) is 53.7 Å². The maximum atomic E-state index is 12.8. The summed E-state index contributed by atoms with van der Waals surface area (Å²) in [6, 6.07) is 36.4. The van der Waals surface area contributed by atoms with E-state index in [-0.39, 0.29) is 31.4 Å². The van der Waals surface area contributed by atoms with Gasteiger partial charge in [0.2, 0.25) is 18.6 Å². The lowest BCUT2D eigenvalue weighted by Crippen LogP contribution is -2.71. The van der Waals surface area contributed by atoms with Gasteiger partial charge in [-0.3, -0.25) is 9.59 Å². The molecule has 2 amide bonds. The maximum absolute atomic E-state index is 12.8. The summed E-state index contributed by atoms with van der Waals surface area (Å²) in [5, 5.41) is 24.2. The Hall–Kier alpha value is -7.35. The Morgan fingerprint density at radius 1 is 0.838 bits per heavy atom. The number of ether oxygens (including phenoxy) is 4. The van der Waals surface area contributed by atoms with Gasteiger partial charge in [-0.1, -0.05) is 76.9 Å². The summed E-state index contributed by atoms with van der Waals surface area (Å²) < 4.78 is 27.9. The van der Waals surface area contributed by atoms with Crippen LogP contribution < -0.4 is 35.0 Å². The Kier molecular flexibility index (Phi) is 18.2. The zero-order valence-corrected chi connectivity index (χ0v) is 38.0. The van der Waals surface area contributed by atoms with E-state index in [1.54, 1.807) is 48.0 Å². The van der Waals surface area contributed by atoms with Crippen molar-refractivity contribution in [2.45, 2.75) is 49.5 Å². The molecule has 0 aliphatic carbocycles. The molecule has 0 radical (unpaired) electrons. The summed E-state index contributed by atoms with van der Waals surface area (Å²) in [6.07, 6.45) is 5.94. The molecule has 0 bridgehead atoms. The van der Waals surface area contributed by atoms with E-state index in [0.717, 1.165) is 50.4 Å². The largest absolute Gasteiger partial charge is 0.494 e. The van der Waals surface area contributed by atoms with E-state index in [1.165, 1.54) is 13.3 Å². The molecule has 0 spiro atoms. The number of fused-ring (bicyclic) bond motifs is 1. The van der Waals surface area contributed by atoms with Crippen LogP contribution in [0.15, 0.2) is 138 Å². The van der Waals surface area contributed by atoms with Crippen LogP contribution in [0.5, 0.6) is 23.1 Å². The first-order valence-corrected chi connectivity index (χ1v) is 22.6. The third kappa shape index (κ3) is 14.8. The number of nitrogens with two attached hydrogens (primary N) is 1. The van der Waals surface area contributed by atoms with Crippen molar-refractivity contribution in [1.29, 1.82) is 0 Å². The molecule has 0 saturated heterocycles. The van der Waals surface area contributed by atoms with Crippen LogP contribution in [0.2, 0.25) is 0 Å². The van der Waals surface area contributed by atoms with Gasteiger partial charge < -0.3 is 34.7 Å². The molecule has 6 aromatic rings. The van der Waals surface area contributed by atoms with Crippen LogP contribution in [0.1, 0.15) is 53.6 Å². The molecule has 1 atom stereocenters. The number of nitrogens with one attached hydrogen (secondary N) is 2. The number of carboxylic acids is 1.